The van der Waals surface area contributed by atoms with Crippen molar-refractivity contribution in [1.82, 2.24) is 0 Å². The third-order valence-corrected chi connectivity index (χ3v) is 3.56. The van der Waals surface area contributed by atoms with E-state index in [0.717, 1.165) is 6.42 Å². The minimum absolute atomic E-state index is 0.0126. The fraction of sp³-hybridized carbons (Fsp3) is 0.125. The molecule has 2 nitrogen and oxygen atoms in total. The molecule has 0 N–H and O–H groups in total. The van der Waals surface area contributed by atoms with Crippen molar-refractivity contribution in [3.63, 3.8) is 0 Å². The van der Waals surface area contributed by atoms with E-state index >= 15 is 0 Å². The van der Waals surface area contributed by atoms with Crippen molar-refractivity contribution in [2.24, 2.45) is 0 Å². The molecule has 1 unspecified atom stereocenters. The van der Waals surface area contributed by atoms with Gasteiger partial charge in [0.05, 0.1) is 17.6 Å². The van der Waals surface area contributed by atoms with E-state index in [4.69, 9.17) is 4.74 Å². The summed E-state index contributed by atoms with van der Waals surface area (Å²) in [5.41, 5.74) is 4.97. The molecular weight excluding hydrogens is 222 g/mol. The van der Waals surface area contributed by atoms with Crippen LogP contribution in [0.5, 0.6) is 0 Å². The molecule has 0 spiro atoms. The van der Waals surface area contributed by atoms with Gasteiger partial charge in [-0.15, -0.1) is 0 Å². The second-order valence-electron chi connectivity index (χ2n) is 4.64. The molecule has 0 radical (unpaired) electrons. The average molecular weight is 235 g/mol. The van der Waals surface area contributed by atoms with Gasteiger partial charge in [-0.1, -0.05) is 36.4 Å². The zero-order valence-electron chi connectivity index (χ0n) is 9.91. The molecule has 0 saturated heterocycles. The maximum Gasteiger partial charge on any atom is 0.195 e. The van der Waals surface area contributed by atoms with Crippen LogP contribution in [0.3, 0.4) is 0 Å². The molecule has 0 bridgehead atoms. The number of benzene rings is 1. The van der Waals surface area contributed by atoms with Gasteiger partial charge in [0.2, 0.25) is 0 Å². The van der Waals surface area contributed by atoms with Crippen molar-refractivity contribution in [3.8, 4) is 0 Å². The molecule has 88 valence electrons. The number of para-hydroxylation sites is 1. The van der Waals surface area contributed by atoms with Gasteiger partial charge < -0.3 is 9.64 Å². The molecule has 0 fully saturated rings. The smallest absolute Gasteiger partial charge is 0.195 e. The molecule has 1 atom stereocenters. The Morgan fingerprint density at radius 2 is 2.17 bits per heavy atom. The van der Waals surface area contributed by atoms with Crippen molar-refractivity contribution in [1.29, 1.82) is 0 Å². The summed E-state index contributed by atoms with van der Waals surface area (Å²) in [7, 11) is 0. The normalized spacial score (nSPS) is 23.3. The van der Waals surface area contributed by atoms with Gasteiger partial charge in [-0.2, -0.15) is 0 Å². The summed E-state index contributed by atoms with van der Waals surface area (Å²) in [5, 5.41) is 0. The Morgan fingerprint density at radius 3 is 3.17 bits per heavy atom. The van der Waals surface area contributed by atoms with E-state index in [1.165, 1.54) is 22.5 Å². The van der Waals surface area contributed by atoms with E-state index in [-0.39, 0.29) is 6.23 Å². The van der Waals surface area contributed by atoms with E-state index < -0.39 is 0 Å². The number of ether oxygens (including phenoxy) is 1. The summed E-state index contributed by atoms with van der Waals surface area (Å²) in [6.45, 7) is 0. The first-order valence-corrected chi connectivity index (χ1v) is 6.22. The summed E-state index contributed by atoms with van der Waals surface area (Å²) in [6.07, 6.45) is 13.5. The number of hydrogen-bond acceptors (Lipinski definition) is 2. The Morgan fingerprint density at radius 1 is 1.22 bits per heavy atom. The van der Waals surface area contributed by atoms with Crippen molar-refractivity contribution in [2.45, 2.75) is 12.6 Å². The molecule has 1 aliphatic carbocycles. The van der Waals surface area contributed by atoms with Gasteiger partial charge in [0.15, 0.2) is 6.23 Å². The molecule has 2 heterocycles. The van der Waals surface area contributed by atoms with Crippen molar-refractivity contribution >= 4 is 11.8 Å². The fourth-order valence-electron chi connectivity index (χ4n) is 2.69. The van der Waals surface area contributed by atoms with E-state index in [2.05, 4.69) is 59.5 Å². The van der Waals surface area contributed by atoms with Crippen LogP contribution in [-0.4, -0.2) is 6.23 Å². The SMILES string of the molecule is C1=CCC2=COC3C=Cc4ccccc4N3C2=C1. The van der Waals surface area contributed by atoms with E-state index in [0.29, 0.717) is 0 Å². The molecule has 2 aliphatic heterocycles. The maximum absolute atomic E-state index is 5.81. The third kappa shape index (κ3) is 1.29. The first-order chi connectivity index (χ1) is 8.93. The van der Waals surface area contributed by atoms with E-state index in [1.807, 2.05) is 6.26 Å². The summed E-state index contributed by atoms with van der Waals surface area (Å²) >= 11 is 0. The number of allylic oxidation sites excluding steroid dienone is 4. The number of anilines is 1. The van der Waals surface area contributed by atoms with Gasteiger partial charge in [-0.3, -0.25) is 0 Å². The molecule has 4 rings (SSSR count). The van der Waals surface area contributed by atoms with Crippen LogP contribution < -0.4 is 4.90 Å². The Hall–Kier alpha value is -2.22. The lowest BCUT2D eigenvalue weighted by atomic mass is 9.98. The molecule has 0 aromatic heterocycles. The van der Waals surface area contributed by atoms with Crippen LogP contribution in [0.4, 0.5) is 5.69 Å². The second kappa shape index (κ2) is 3.64. The van der Waals surface area contributed by atoms with Gasteiger partial charge in [0, 0.05) is 5.57 Å². The number of fused-ring (bicyclic) bond motifs is 5. The molecule has 18 heavy (non-hydrogen) atoms. The van der Waals surface area contributed by atoms with Crippen molar-refractivity contribution in [3.05, 3.63) is 71.7 Å². The highest BCUT2D eigenvalue weighted by Gasteiger charge is 2.31. The monoisotopic (exact) mass is 235 g/mol. The quantitative estimate of drug-likeness (QED) is 0.681. The number of nitrogens with zero attached hydrogens (tertiary/aromatic N) is 1. The zero-order valence-corrected chi connectivity index (χ0v) is 9.91. The van der Waals surface area contributed by atoms with E-state index in [9.17, 15) is 0 Å². The summed E-state index contributed by atoms with van der Waals surface area (Å²) < 4.78 is 5.81. The molecule has 1 aromatic rings. The van der Waals surface area contributed by atoms with Crippen LogP contribution in [0.25, 0.3) is 6.08 Å². The van der Waals surface area contributed by atoms with Gasteiger partial charge in [-0.25, -0.2) is 0 Å². The lowest BCUT2D eigenvalue weighted by Gasteiger charge is -2.40. The molecule has 1 aromatic carbocycles. The van der Waals surface area contributed by atoms with Gasteiger partial charge >= 0.3 is 0 Å². The van der Waals surface area contributed by atoms with Crippen LogP contribution in [0.1, 0.15) is 12.0 Å². The van der Waals surface area contributed by atoms with Crippen LogP contribution in [0.15, 0.2) is 66.1 Å². The Bertz CT molecular complexity index is 622. The highest BCUT2D eigenvalue weighted by molar-refractivity contribution is 5.76. The minimum Gasteiger partial charge on any atom is -0.474 e. The van der Waals surface area contributed by atoms with E-state index in [1.54, 1.807) is 0 Å². The van der Waals surface area contributed by atoms with Gasteiger partial charge in [0.25, 0.3) is 0 Å². The van der Waals surface area contributed by atoms with Crippen LogP contribution in [0, 0.1) is 0 Å². The lowest BCUT2D eigenvalue weighted by Crippen LogP contribution is -2.40. The first kappa shape index (κ1) is 9.77. The van der Waals surface area contributed by atoms with Gasteiger partial charge in [0.1, 0.15) is 0 Å². The highest BCUT2D eigenvalue weighted by Crippen LogP contribution is 2.39. The third-order valence-electron chi connectivity index (χ3n) is 3.56. The van der Waals surface area contributed by atoms with Crippen LogP contribution in [0.2, 0.25) is 0 Å². The average Bonchev–Trinajstić information content (AvgIpc) is 2.46. The first-order valence-electron chi connectivity index (χ1n) is 6.22. The highest BCUT2D eigenvalue weighted by atomic mass is 16.5. The summed E-state index contributed by atoms with van der Waals surface area (Å²) in [5.74, 6) is 0. The standard InChI is InChI=1S/C16H13NO/c1-3-7-14-12(5-1)9-10-16-17(14)15-8-4-2-6-13(15)11-18-16/h1-5,7-11,16H,6H2. The molecule has 3 aliphatic rings. The van der Waals surface area contributed by atoms with Gasteiger partial charge in [-0.05, 0) is 30.2 Å². The van der Waals surface area contributed by atoms with Crippen LogP contribution >= 0.6 is 0 Å². The maximum atomic E-state index is 5.81. The lowest BCUT2D eigenvalue weighted by molar-refractivity contribution is 0.175. The van der Waals surface area contributed by atoms with Crippen molar-refractivity contribution < 1.29 is 4.74 Å². The molecule has 2 heteroatoms. The largest absolute Gasteiger partial charge is 0.474 e. The molecular formula is C16H13NO. The zero-order chi connectivity index (χ0) is 11.9. The van der Waals surface area contributed by atoms with Crippen molar-refractivity contribution in [2.75, 3.05) is 4.90 Å². The van der Waals surface area contributed by atoms with Crippen LogP contribution in [-0.2, 0) is 4.74 Å². The Labute approximate surface area is 106 Å². The minimum atomic E-state index is -0.0126. The Balaban J connectivity index is 1.91. The number of rotatable bonds is 0. The topological polar surface area (TPSA) is 12.5 Å². The summed E-state index contributed by atoms with van der Waals surface area (Å²) in [4.78, 5) is 2.27. The number of hydrogen-bond donors (Lipinski definition) is 0. The predicted octanol–water partition coefficient (Wildman–Crippen LogP) is 3.60. The second-order valence-corrected chi connectivity index (χ2v) is 4.64. The molecule has 0 saturated carbocycles. The fourth-order valence-corrected chi connectivity index (χ4v) is 2.69. The molecule has 0 amide bonds. The predicted molar refractivity (Wildman–Crippen MR) is 72.8 cm³/mol. The Kier molecular flexibility index (Phi) is 1.97. The summed E-state index contributed by atoms with van der Waals surface area (Å²) in [6, 6.07) is 8.43.